The molecular weight excluding hydrogens is 292 g/mol. The fourth-order valence-corrected chi connectivity index (χ4v) is 3.70. The van der Waals surface area contributed by atoms with Crippen LogP contribution in [0.25, 0.3) is 0 Å². The number of hydrogen-bond donors (Lipinski definition) is 1. The van der Waals surface area contributed by atoms with Gasteiger partial charge >= 0.3 is 5.97 Å². The Labute approximate surface area is 136 Å². The van der Waals surface area contributed by atoms with Crippen molar-refractivity contribution in [2.75, 3.05) is 26.2 Å². The topological polar surface area (TPSA) is 60.9 Å². The van der Waals surface area contributed by atoms with Crippen molar-refractivity contribution in [2.45, 2.75) is 32.2 Å². The van der Waals surface area contributed by atoms with Crippen molar-refractivity contribution in [3.63, 3.8) is 0 Å². The fraction of sp³-hybridized carbons (Fsp3) is 0.556. The molecule has 0 radical (unpaired) electrons. The van der Waals surface area contributed by atoms with Gasteiger partial charge in [0.05, 0.1) is 11.5 Å². The summed E-state index contributed by atoms with van der Waals surface area (Å²) >= 11 is 0. The van der Waals surface area contributed by atoms with E-state index in [2.05, 4.69) is 4.90 Å². The van der Waals surface area contributed by atoms with Crippen molar-refractivity contribution in [1.82, 2.24) is 9.80 Å². The highest BCUT2D eigenvalue weighted by atomic mass is 16.4. The molecule has 0 aliphatic carbocycles. The van der Waals surface area contributed by atoms with Crippen LogP contribution in [0.4, 0.5) is 0 Å². The summed E-state index contributed by atoms with van der Waals surface area (Å²) in [6, 6.07) is 7.14. The molecule has 1 atom stereocenters. The highest BCUT2D eigenvalue weighted by Gasteiger charge is 2.30. The van der Waals surface area contributed by atoms with Gasteiger partial charge < -0.3 is 10.0 Å². The average Bonchev–Trinajstić information content (AvgIpc) is 3.09. The summed E-state index contributed by atoms with van der Waals surface area (Å²) in [6.07, 6.45) is 4.19. The van der Waals surface area contributed by atoms with E-state index < -0.39 is 5.97 Å². The number of aromatic carboxylic acids is 1. The molecule has 5 nitrogen and oxygen atoms in total. The van der Waals surface area contributed by atoms with Gasteiger partial charge in [-0.25, -0.2) is 4.79 Å². The number of carboxylic acids is 1. The molecule has 1 amide bonds. The monoisotopic (exact) mass is 316 g/mol. The molecule has 2 aliphatic heterocycles. The number of piperidine rings is 1. The number of hydrogen-bond acceptors (Lipinski definition) is 3. The number of carboxylic acid groups (broad SMARTS) is 1. The van der Waals surface area contributed by atoms with Crippen LogP contribution in [0.3, 0.4) is 0 Å². The Morgan fingerprint density at radius 1 is 1.09 bits per heavy atom. The maximum atomic E-state index is 12.6. The Balaban J connectivity index is 1.65. The summed E-state index contributed by atoms with van der Waals surface area (Å²) in [5.74, 6) is -0.528. The zero-order valence-corrected chi connectivity index (χ0v) is 13.4. The predicted molar refractivity (Wildman–Crippen MR) is 87.2 cm³/mol. The van der Waals surface area contributed by atoms with Gasteiger partial charge in [-0.05, 0) is 43.9 Å². The molecule has 2 fully saturated rings. The van der Waals surface area contributed by atoms with Gasteiger partial charge in [-0.2, -0.15) is 0 Å². The third-order valence-electron chi connectivity index (χ3n) is 4.91. The molecule has 23 heavy (non-hydrogen) atoms. The van der Waals surface area contributed by atoms with Gasteiger partial charge in [0.2, 0.25) is 5.91 Å². The van der Waals surface area contributed by atoms with Gasteiger partial charge in [0, 0.05) is 26.2 Å². The summed E-state index contributed by atoms with van der Waals surface area (Å²) in [7, 11) is 0. The Hall–Kier alpha value is -1.88. The molecule has 0 spiro atoms. The first kappa shape index (κ1) is 16.0. The lowest BCUT2D eigenvalue weighted by Crippen LogP contribution is -2.43. The molecule has 3 rings (SSSR count). The third kappa shape index (κ3) is 3.72. The summed E-state index contributed by atoms with van der Waals surface area (Å²) in [5, 5.41) is 9.30. The number of carbonyl (C=O) groups is 2. The minimum Gasteiger partial charge on any atom is -0.478 e. The number of amides is 1. The zero-order chi connectivity index (χ0) is 16.2. The molecule has 5 heteroatoms. The Morgan fingerprint density at radius 2 is 1.83 bits per heavy atom. The lowest BCUT2D eigenvalue weighted by Gasteiger charge is -2.34. The van der Waals surface area contributed by atoms with Crippen molar-refractivity contribution < 1.29 is 14.7 Å². The molecular formula is C18H24N2O3. The summed E-state index contributed by atoms with van der Waals surface area (Å²) < 4.78 is 0. The Bertz CT molecular complexity index is 581. The van der Waals surface area contributed by atoms with Gasteiger partial charge in [-0.3, -0.25) is 9.69 Å². The second kappa shape index (κ2) is 7.13. The van der Waals surface area contributed by atoms with E-state index in [-0.39, 0.29) is 5.92 Å². The molecule has 1 N–H and O–H groups in total. The van der Waals surface area contributed by atoms with Gasteiger partial charge in [-0.1, -0.05) is 18.2 Å². The van der Waals surface area contributed by atoms with Crippen molar-refractivity contribution in [3.05, 3.63) is 35.4 Å². The minimum absolute atomic E-state index is 0.0684. The normalized spacial score (nSPS) is 22.3. The number of likely N-dealkylation sites (tertiary alicyclic amines) is 2. The van der Waals surface area contributed by atoms with Crippen LogP contribution in [0, 0.1) is 5.92 Å². The van der Waals surface area contributed by atoms with Crippen molar-refractivity contribution in [1.29, 1.82) is 0 Å². The van der Waals surface area contributed by atoms with Crippen LogP contribution in [0.2, 0.25) is 0 Å². The second-order valence-electron chi connectivity index (χ2n) is 6.57. The van der Waals surface area contributed by atoms with Gasteiger partial charge in [0.25, 0.3) is 0 Å². The van der Waals surface area contributed by atoms with Crippen LogP contribution in [0.1, 0.15) is 41.6 Å². The van der Waals surface area contributed by atoms with Gasteiger partial charge in [-0.15, -0.1) is 0 Å². The molecule has 0 aromatic heterocycles. The number of benzene rings is 1. The first-order valence-corrected chi connectivity index (χ1v) is 8.47. The van der Waals surface area contributed by atoms with E-state index in [1.807, 2.05) is 17.0 Å². The quantitative estimate of drug-likeness (QED) is 0.925. The molecule has 2 aliphatic rings. The lowest BCUT2D eigenvalue weighted by atomic mass is 9.95. The highest BCUT2D eigenvalue weighted by Crippen LogP contribution is 2.23. The van der Waals surface area contributed by atoms with E-state index in [0.29, 0.717) is 18.0 Å². The molecule has 2 heterocycles. The number of rotatable bonds is 4. The molecule has 124 valence electrons. The van der Waals surface area contributed by atoms with E-state index >= 15 is 0 Å². The summed E-state index contributed by atoms with van der Waals surface area (Å²) in [6.45, 7) is 4.07. The SMILES string of the molecule is O=C(O)c1ccccc1CN1CCC[C@@H](C(=O)N2CCCC2)C1. The van der Waals surface area contributed by atoms with Crippen LogP contribution < -0.4 is 0 Å². The van der Waals surface area contributed by atoms with Gasteiger partial charge in [0.15, 0.2) is 0 Å². The lowest BCUT2D eigenvalue weighted by molar-refractivity contribution is -0.136. The Kier molecular flexibility index (Phi) is 4.96. The smallest absolute Gasteiger partial charge is 0.336 e. The van der Waals surface area contributed by atoms with Crippen LogP contribution in [0.15, 0.2) is 24.3 Å². The van der Waals surface area contributed by atoms with Crippen molar-refractivity contribution in [2.24, 2.45) is 5.92 Å². The van der Waals surface area contributed by atoms with E-state index in [1.165, 1.54) is 0 Å². The van der Waals surface area contributed by atoms with Crippen molar-refractivity contribution >= 4 is 11.9 Å². The summed E-state index contributed by atoms with van der Waals surface area (Å²) in [5.41, 5.74) is 1.19. The molecule has 2 saturated heterocycles. The van der Waals surface area contributed by atoms with Crippen LogP contribution in [0.5, 0.6) is 0 Å². The van der Waals surface area contributed by atoms with Crippen molar-refractivity contribution in [3.8, 4) is 0 Å². The number of carbonyl (C=O) groups excluding carboxylic acids is 1. The number of nitrogens with zero attached hydrogens (tertiary/aromatic N) is 2. The largest absolute Gasteiger partial charge is 0.478 e. The van der Waals surface area contributed by atoms with E-state index in [9.17, 15) is 14.7 Å². The predicted octanol–water partition coefficient (Wildman–Crippen LogP) is 2.22. The van der Waals surface area contributed by atoms with Crippen LogP contribution in [-0.2, 0) is 11.3 Å². The summed E-state index contributed by atoms with van der Waals surface area (Å²) in [4.78, 5) is 28.1. The van der Waals surface area contributed by atoms with Crippen LogP contribution >= 0.6 is 0 Å². The maximum absolute atomic E-state index is 12.6. The molecule has 1 aromatic rings. The van der Waals surface area contributed by atoms with E-state index in [0.717, 1.165) is 57.4 Å². The molecule has 0 unspecified atom stereocenters. The fourth-order valence-electron chi connectivity index (χ4n) is 3.70. The molecule has 1 aromatic carbocycles. The van der Waals surface area contributed by atoms with Gasteiger partial charge in [0.1, 0.15) is 0 Å². The Morgan fingerprint density at radius 3 is 2.57 bits per heavy atom. The third-order valence-corrected chi connectivity index (χ3v) is 4.91. The minimum atomic E-state index is -0.887. The van der Waals surface area contributed by atoms with Crippen LogP contribution in [-0.4, -0.2) is 53.0 Å². The maximum Gasteiger partial charge on any atom is 0.336 e. The zero-order valence-electron chi connectivity index (χ0n) is 13.4. The average molecular weight is 316 g/mol. The van der Waals surface area contributed by atoms with E-state index in [4.69, 9.17) is 0 Å². The highest BCUT2D eigenvalue weighted by molar-refractivity contribution is 5.89. The molecule has 0 saturated carbocycles. The van der Waals surface area contributed by atoms with E-state index in [1.54, 1.807) is 12.1 Å². The standard InChI is InChI=1S/C18H24N2O3/c21-17(20-10-3-4-11-20)15-7-5-9-19(13-15)12-14-6-1-2-8-16(14)18(22)23/h1-2,6,8,15H,3-5,7,9-13H2,(H,22,23)/t15-/m1/s1. The first-order valence-electron chi connectivity index (χ1n) is 8.47. The second-order valence-corrected chi connectivity index (χ2v) is 6.57. The molecule has 0 bridgehead atoms. The first-order chi connectivity index (χ1) is 11.1.